The van der Waals surface area contributed by atoms with Crippen molar-refractivity contribution in [3.63, 3.8) is 0 Å². The molecule has 0 spiro atoms. The van der Waals surface area contributed by atoms with E-state index in [1.807, 2.05) is 54.4 Å². The number of aryl methyl sites for hydroxylation is 2. The number of aromatic nitrogens is 3. The number of Topliss-reactive ketones (excluding diaryl/α,β-unsaturated/α-hetero) is 1. The molecule has 43 heavy (non-hydrogen) atoms. The van der Waals surface area contributed by atoms with Gasteiger partial charge in [0.1, 0.15) is 11.3 Å². The van der Waals surface area contributed by atoms with Gasteiger partial charge < -0.3 is 20.3 Å². The average molecular weight is 589 g/mol. The summed E-state index contributed by atoms with van der Waals surface area (Å²) in [5, 5.41) is 8.25. The Labute approximate surface area is 253 Å². The number of likely N-dealkylation sites (tertiary alicyclic amines) is 2. The fourth-order valence-electron chi connectivity index (χ4n) is 6.82. The van der Waals surface area contributed by atoms with E-state index in [9.17, 15) is 14.4 Å². The van der Waals surface area contributed by atoms with Crippen LogP contribution in [-0.2, 0) is 34.3 Å². The van der Waals surface area contributed by atoms with E-state index in [1.54, 1.807) is 16.7 Å². The largest absolute Gasteiger partial charge is 0.497 e. The first-order chi connectivity index (χ1) is 20.6. The normalized spacial score (nSPS) is 22.7. The second kappa shape index (κ2) is 13.2. The van der Waals surface area contributed by atoms with Gasteiger partial charge in [0.25, 0.3) is 0 Å². The number of fused-ring (bicyclic) bond motifs is 1. The van der Waals surface area contributed by atoms with Crippen molar-refractivity contribution in [2.45, 2.75) is 89.4 Å². The van der Waals surface area contributed by atoms with Gasteiger partial charge in [0.15, 0.2) is 5.78 Å². The number of amides is 2. The van der Waals surface area contributed by atoms with Gasteiger partial charge in [-0.15, -0.1) is 5.10 Å². The average Bonchev–Trinajstić information content (AvgIpc) is 3.70. The molecular weight excluding hydrogens is 544 g/mol. The molecule has 2 unspecified atom stereocenters. The lowest BCUT2D eigenvalue weighted by molar-refractivity contribution is -0.139. The predicted molar refractivity (Wildman–Crippen MR) is 164 cm³/mol. The van der Waals surface area contributed by atoms with Gasteiger partial charge in [0.05, 0.1) is 24.7 Å². The first-order valence-electron chi connectivity index (χ1n) is 15.5. The van der Waals surface area contributed by atoms with E-state index < -0.39 is 12.1 Å². The molecule has 0 radical (unpaired) electrons. The van der Waals surface area contributed by atoms with E-state index in [1.165, 1.54) is 0 Å². The fraction of sp³-hybridized carbons (Fsp3) is 0.545. The molecule has 10 heteroatoms. The van der Waals surface area contributed by atoms with Gasteiger partial charge in [-0.05, 0) is 93.7 Å². The van der Waals surface area contributed by atoms with Crippen LogP contribution in [0, 0.1) is 5.92 Å². The maximum Gasteiger partial charge on any atom is 0.240 e. The zero-order chi connectivity index (χ0) is 30.7. The molecule has 2 fully saturated rings. The summed E-state index contributed by atoms with van der Waals surface area (Å²) in [5.41, 5.74) is 10.3. The molecule has 5 atom stereocenters. The fourth-order valence-corrected chi connectivity index (χ4v) is 6.82. The number of methoxy groups -OCH3 is 1. The molecule has 0 bridgehead atoms. The van der Waals surface area contributed by atoms with Crippen molar-refractivity contribution in [2.24, 2.45) is 18.7 Å². The molecule has 2 aromatic carbocycles. The van der Waals surface area contributed by atoms with Crippen molar-refractivity contribution in [1.29, 1.82) is 0 Å². The highest BCUT2D eigenvalue weighted by molar-refractivity contribution is 5.92. The molecule has 230 valence electrons. The SMILES string of the molecule is COc1ccc(C[C@@H]2C[C@@H](C(=O)CCc3ccc4c(c3)nnn4C)N(C(=O)[C@H](N)CCC(=O)N3C(C)CCC3C)C2)cc1. The van der Waals surface area contributed by atoms with Crippen LogP contribution >= 0.6 is 0 Å². The number of carbonyl (C=O) groups excluding carboxylic acids is 3. The highest BCUT2D eigenvalue weighted by Crippen LogP contribution is 2.30. The van der Waals surface area contributed by atoms with Crippen LogP contribution in [0.4, 0.5) is 0 Å². The van der Waals surface area contributed by atoms with Crippen LogP contribution in [0.3, 0.4) is 0 Å². The number of ether oxygens (including phenoxy) is 1. The molecule has 0 aliphatic carbocycles. The zero-order valence-corrected chi connectivity index (χ0v) is 25.7. The first-order valence-corrected chi connectivity index (χ1v) is 15.5. The van der Waals surface area contributed by atoms with Crippen molar-refractivity contribution in [3.05, 3.63) is 53.6 Å². The number of hydrogen-bond acceptors (Lipinski definition) is 7. The minimum atomic E-state index is -0.828. The van der Waals surface area contributed by atoms with Crippen molar-refractivity contribution in [2.75, 3.05) is 13.7 Å². The molecule has 3 aromatic rings. The zero-order valence-electron chi connectivity index (χ0n) is 25.7. The molecule has 0 saturated carbocycles. The second-order valence-corrected chi connectivity index (χ2v) is 12.4. The van der Waals surface area contributed by atoms with Crippen LogP contribution in [-0.4, -0.2) is 80.2 Å². The van der Waals surface area contributed by atoms with E-state index >= 15 is 0 Å². The highest BCUT2D eigenvalue weighted by Gasteiger charge is 2.41. The maximum absolute atomic E-state index is 13.7. The number of benzene rings is 2. The van der Waals surface area contributed by atoms with Gasteiger partial charge in [-0.25, -0.2) is 4.68 Å². The van der Waals surface area contributed by atoms with Crippen LogP contribution in [0.15, 0.2) is 42.5 Å². The highest BCUT2D eigenvalue weighted by atomic mass is 16.5. The van der Waals surface area contributed by atoms with Gasteiger partial charge in [-0.2, -0.15) is 0 Å². The number of carbonyl (C=O) groups is 3. The molecule has 2 amide bonds. The molecule has 1 aromatic heterocycles. The predicted octanol–water partition coefficient (Wildman–Crippen LogP) is 3.45. The van der Waals surface area contributed by atoms with Crippen LogP contribution in [0.1, 0.15) is 63.5 Å². The number of hydrogen-bond donors (Lipinski definition) is 1. The number of nitrogens with zero attached hydrogens (tertiary/aromatic N) is 5. The number of nitrogens with two attached hydrogens (primary N) is 1. The summed E-state index contributed by atoms with van der Waals surface area (Å²) in [5.74, 6) is 0.757. The van der Waals surface area contributed by atoms with Crippen molar-refractivity contribution >= 4 is 28.6 Å². The van der Waals surface area contributed by atoms with Crippen LogP contribution in [0.2, 0.25) is 0 Å². The molecule has 2 saturated heterocycles. The Balaban J connectivity index is 1.25. The second-order valence-electron chi connectivity index (χ2n) is 12.4. The molecule has 2 aliphatic rings. The molecule has 3 heterocycles. The Hall–Kier alpha value is -3.79. The Kier molecular flexibility index (Phi) is 9.44. The third-order valence-electron chi connectivity index (χ3n) is 9.29. The topological polar surface area (TPSA) is 124 Å². The lowest BCUT2D eigenvalue weighted by Gasteiger charge is -2.28. The smallest absolute Gasteiger partial charge is 0.240 e. The number of ketones is 1. The van der Waals surface area contributed by atoms with Gasteiger partial charge in [0.2, 0.25) is 11.8 Å². The molecule has 2 N–H and O–H groups in total. The molecule has 2 aliphatic heterocycles. The monoisotopic (exact) mass is 588 g/mol. The van der Waals surface area contributed by atoms with Gasteiger partial charge >= 0.3 is 0 Å². The maximum atomic E-state index is 13.7. The Morgan fingerprint density at radius 3 is 2.42 bits per heavy atom. The minimum absolute atomic E-state index is 0.0350. The quantitative estimate of drug-likeness (QED) is 0.364. The lowest BCUT2D eigenvalue weighted by atomic mass is 9.94. The van der Waals surface area contributed by atoms with E-state index in [2.05, 4.69) is 24.2 Å². The Bertz CT molecular complexity index is 1440. The summed E-state index contributed by atoms with van der Waals surface area (Å²) in [4.78, 5) is 44.0. The summed E-state index contributed by atoms with van der Waals surface area (Å²) in [6.45, 7) is 4.61. The van der Waals surface area contributed by atoms with Crippen LogP contribution < -0.4 is 10.5 Å². The molecule has 5 rings (SSSR count). The lowest BCUT2D eigenvalue weighted by Crippen LogP contribution is -2.49. The number of rotatable bonds is 11. The standard InChI is InChI=1S/C33H44N6O4/c1-21-5-6-22(2)39(21)32(41)16-13-27(34)33(42)38-20-25(17-23-7-11-26(43-4)12-8-23)19-30(38)31(40)15-10-24-9-14-29-28(18-24)35-36-37(29)3/h7-9,11-12,14,18,21-22,25,27,30H,5-6,10,13,15-17,19-20,34H2,1-4H3/t21?,22?,25-,27-,30+/m1/s1. The van der Waals surface area contributed by atoms with Crippen molar-refractivity contribution in [3.8, 4) is 5.75 Å². The van der Waals surface area contributed by atoms with E-state index in [4.69, 9.17) is 10.5 Å². The van der Waals surface area contributed by atoms with Crippen molar-refractivity contribution < 1.29 is 19.1 Å². The summed E-state index contributed by atoms with van der Waals surface area (Å²) >= 11 is 0. The Morgan fingerprint density at radius 2 is 1.72 bits per heavy atom. The Morgan fingerprint density at radius 1 is 1.02 bits per heavy atom. The third kappa shape index (κ3) is 6.90. The van der Waals surface area contributed by atoms with Gasteiger partial charge in [-0.3, -0.25) is 14.4 Å². The molecule has 10 nitrogen and oxygen atoms in total. The first kappa shape index (κ1) is 30.7. The van der Waals surface area contributed by atoms with E-state index in [0.717, 1.165) is 47.2 Å². The van der Waals surface area contributed by atoms with Gasteiger partial charge in [0, 0.05) is 38.5 Å². The van der Waals surface area contributed by atoms with E-state index in [-0.39, 0.29) is 48.4 Å². The summed E-state index contributed by atoms with van der Waals surface area (Å²) in [6.07, 6.45) is 4.71. The van der Waals surface area contributed by atoms with Gasteiger partial charge in [-0.1, -0.05) is 23.4 Å². The third-order valence-corrected chi connectivity index (χ3v) is 9.29. The summed E-state index contributed by atoms with van der Waals surface area (Å²) < 4.78 is 7.01. The minimum Gasteiger partial charge on any atom is -0.497 e. The van der Waals surface area contributed by atoms with Crippen molar-refractivity contribution in [1.82, 2.24) is 24.8 Å². The van der Waals surface area contributed by atoms with Crippen LogP contribution in [0.25, 0.3) is 11.0 Å². The van der Waals surface area contributed by atoms with E-state index in [0.29, 0.717) is 25.8 Å². The molecular formula is C33H44N6O4. The summed E-state index contributed by atoms with van der Waals surface area (Å²) in [7, 11) is 3.49. The summed E-state index contributed by atoms with van der Waals surface area (Å²) in [6, 6.07) is 12.9. The van der Waals surface area contributed by atoms with Crippen LogP contribution in [0.5, 0.6) is 5.75 Å².